The molecule has 3 aliphatic rings. The highest BCUT2D eigenvalue weighted by Gasteiger charge is 2.35. The van der Waals surface area contributed by atoms with E-state index in [4.69, 9.17) is 15.2 Å². The Morgan fingerprint density at radius 1 is 1.24 bits per heavy atom. The van der Waals surface area contributed by atoms with Gasteiger partial charge in [0.15, 0.2) is 11.5 Å². The first-order valence-electron chi connectivity index (χ1n) is 7.45. The summed E-state index contributed by atoms with van der Waals surface area (Å²) in [6.45, 7) is 2.20. The molecule has 0 aromatic heterocycles. The van der Waals surface area contributed by atoms with Gasteiger partial charge in [-0.15, -0.1) is 0 Å². The number of carbonyl (C=O) groups is 1. The number of rotatable bonds is 3. The Balaban J connectivity index is 1.45. The molecule has 3 N–H and O–H groups in total. The number of amides is 1. The number of hydrogen-bond acceptors (Lipinski definition) is 5. The number of nitrogens with zero attached hydrogens (tertiary/aromatic N) is 1. The Morgan fingerprint density at radius 2 is 2.00 bits per heavy atom. The Morgan fingerprint density at radius 3 is 2.76 bits per heavy atom. The van der Waals surface area contributed by atoms with Crippen LogP contribution in [-0.2, 0) is 0 Å². The average molecular weight is 289 g/mol. The molecular formula is C15H19N3O3. The number of nitrogen functional groups attached to an aromatic ring is 1. The first-order valence-corrected chi connectivity index (χ1v) is 7.45. The summed E-state index contributed by atoms with van der Waals surface area (Å²) in [5, 5.41) is 3.08. The molecule has 1 amide bonds. The maximum atomic E-state index is 12.4. The Labute approximate surface area is 123 Å². The van der Waals surface area contributed by atoms with E-state index in [0.717, 1.165) is 25.6 Å². The first kappa shape index (κ1) is 12.8. The molecule has 21 heavy (non-hydrogen) atoms. The van der Waals surface area contributed by atoms with Crippen molar-refractivity contribution in [2.75, 3.05) is 25.6 Å². The molecule has 1 atom stereocenters. The van der Waals surface area contributed by atoms with Crippen molar-refractivity contribution in [2.24, 2.45) is 0 Å². The van der Waals surface area contributed by atoms with Crippen LogP contribution in [0.5, 0.6) is 11.5 Å². The van der Waals surface area contributed by atoms with Crippen molar-refractivity contribution in [2.45, 2.75) is 31.3 Å². The van der Waals surface area contributed by atoms with E-state index in [1.54, 1.807) is 12.1 Å². The number of nitrogens with one attached hydrogen (secondary N) is 1. The normalized spacial score (nSPS) is 24.3. The predicted octanol–water partition coefficient (Wildman–Crippen LogP) is 0.964. The number of benzene rings is 1. The van der Waals surface area contributed by atoms with Crippen molar-refractivity contribution in [3.05, 3.63) is 17.7 Å². The van der Waals surface area contributed by atoms with Crippen LogP contribution in [0, 0.1) is 0 Å². The highest BCUT2D eigenvalue weighted by Crippen LogP contribution is 2.36. The highest BCUT2D eigenvalue weighted by atomic mass is 16.7. The number of carbonyl (C=O) groups excluding carboxylic acids is 1. The number of ether oxygens (including phenoxy) is 2. The standard InChI is InChI=1S/C15H19N3O3/c16-12-6-14-13(20-8-21-14)5-11(12)15(19)17-9-3-4-18(7-9)10-1-2-10/h5-6,9-10H,1-4,7-8,16H2,(H,17,19). The van der Waals surface area contributed by atoms with Gasteiger partial charge in [0.1, 0.15) is 0 Å². The number of hydrogen-bond donors (Lipinski definition) is 2. The molecule has 1 aromatic rings. The minimum absolute atomic E-state index is 0.131. The minimum atomic E-state index is -0.131. The SMILES string of the molecule is Nc1cc2c(cc1C(=O)NC1CCN(C3CC3)C1)OCO2. The maximum Gasteiger partial charge on any atom is 0.253 e. The van der Waals surface area contributed by atoms with Gasteiger partial charge in [0.05, 0.1) is 5.56 Å². The molecule has 6 nitrogen and oxygen atoms in total. The molecule has 2 aliphatic heterocycles. The Kier molecular flexibility index (Phi) is 2.92. The summed E-state index contributed by atoms with van der Waals surface area (Å²) in [6.07, 6.45) is 3.61. The summed E-state index contributed by atoms with van der Waals surface area (Å²) >= 11 is 0. The summed E-state index contributed by atoms with van der Waals surface area (Å²) in [7, 11) is 0. The monoisotopic (exact) mass is 289 g/mol. The zero-order chi connectivity index (χ0) is 14.4. The summed E-state index contributed by atoms with van der Waals surface area (Å²) < 4.78 is 10.6. The fourth-order valence-electron chi connectivity index (χ4n) is 3.09. The summed E-state index contributed by atoms with van der Waals surface area (Å²) in [5.41, 5.74) is 6.83. The molecule has 0 spiro atoms. The van der Waals surface area contributed by atoms with Crippen molar-refractivity contribution in [1.82, 2.24) is 10.2 Å². The Hall–Kier alpha value is -1.95. The molecule has 1 unspecified atom stereocenters. The zero-order valence-corrected chi connectivity index (χ0v) is 11.8. The van der Waals surface area contributed by atoms with E-state index in [-0.39, 0.29) is 18.7 Å². The van der Waals surface area contributed by atoms with E-state index < -0.39 is 0 Å². The smallest absolute Gasteiger partial charge is 0.253 e. The van der Waals surface area contributed by atoms with Gasteiger partial charge < -0.3 is 20.5 Å². The van der Waals surface area contributed by atoms with Crippen molar-refractivity contribution in [3.63, 3.8) is 0 Å². The van der Waals surface area contributed by atoms with Crippen molar-refractivity contribution < 1.29 is 14.3 Å². The quantitative estimate of drug-likeness (QED) is 0.811. The summed E-state index contributed by atoms with van der Waals surface area (Å²) in [5.74, 6) is 1.05. The molecule has 4 rings (SSSR count). The van der Waals surface area contributed by atoms with Crippen LogP contribution in [-0.4, -0.2) is 42.8 Å². The van der Waals surface area contributed by atoms with E-state index in [2.05, 4.69) is 10.2 Å². The average Bonchev–Trinajstić information content (AvgIpc) is 3.04. The van der Waals surface area contributed by atoms with Crippen LogP contribution in [0.2, 0.25) is 0 Å². The van der Waals surface area contributed by atoms with E-state index >= 15 is 0 Å². The topological polar surface area (TPSA) is 76.8 Å². The fraction of sp³-hybridized carbons (Fsp3) is 0.533. The van der Waals surface area contributed by atoms with E-state index in [0.29, 0.717) is 22.7 Å². The molecular weight excluding hydrogens is 270 g/mol. The molecule has 6 heteroatoms. The van der Waals surface area contributed by atoms with E-state index in [9.17, 15) is 4.79 Å². The predicted molar refractivity (Wildman–Crippen MR) is 77.4 cm³/mol. The van der Waals surface area contributed by atoms with Crippen molar-refractivity contribution in [1.29, 1.82) is 0 Å². The zero-order valence-electron chi connectivity index (χ0n) is 11.8. The third kappa shape index (κ3) is 2.40. The lowest BCUT2D eigenvalue weighted by Crippen LogP contribution is -2.37. The van der Waals surface area contributed by atoms with Crippen LogP contribution in [0.1, 0.15) is 29.6 Å². The number of fused-ring (bicyclic) bond motifs is 1. The van der Waals surface area contributed by atoms with Crippen molar-refractivity contribution in [3.8, 4) is 11.5 Å². The molecule has 2 fully saturated rings. The van der Waals surface area contributed by atoms with Gasteiger partial charge in [-0.05, 0) is 25.3 Å². The Bertz CT molecular complexity index is 586. The van der Waals surface area contributed by atoms with Gasteiger partial charge in [-0.2, -0.15) is 0 Å². The lowest BCUT2D eigenvalue weighted by Gasteiger charge is -2.16. The highest BCUT2D eigenvalue weighted by molar-refractivity contribution is 6.00. The minimum Gasteiger partial charge on any atom is -0.454 e. The van der Waals surface area contributed by atoms with Gasteiger partial charge in [0.2, 0.25) is 6.79 Å². The lowest BCUT2D eigenvalue weighted by molar-refractivity contribution is 0.0938. The van der Waals surface area contributed by atoms with Crippen molar-refractivity contribution >= 4 is 11.6 Å². The summed E-state index contributed by atoms with van der Waals surface area (Å²) in [4.78, 5) is 14.9. The molecule has 0 bridgehead atoms. The molecule has 1 saturated heterocycles. The third-order valence-electron chi connectivity index (χ3n) is 4.41. The van der Waals surface area contributed by atoms with Gasteiger partial charge >= 0.3 is 0 Å². The van der Waals surface area contributed by atoms with Crippen LogP contribution in [0.4, 0.5) is 5.69 Å². The van der Waals surface area contributed by atoms with Gasteiger partial charge in [0, 0.05) is 36.9 Å². The van der Waals surface area contributed by atoms with Gasteiger partial charge in [-0.3, -0.25) is 9.69 Å². The molecule has 1 aromatic carbocycles. The number of anilines is 1. The van der Waals surface area contributed by atoms with Crippen LogP contribution < -0.4 is 20.5 Å². The van der Waals surface area contributed by atoms with Gasteiger partial charge in [-0.25, -0.2) is 0 Å². The molecule has 1 saturated carbocycles. The molecule has 2 heterocycles. The second-order valence-electron chi connectivity index (χ2n) is 5.98. The lowest BCUT2D eigenvalue weighted by atomic mass is 10.1. The van der Waals surface area contributed by atoms with Gasteiger partial charge in [-0.1, -0.05) is 0 Å². The van der Waals surface area contributed by atoms with E-state index in [1.807, 2.05) is 0 Å². The molecule has 112 valence electrons. The van der Waals surface area contributed by atoms with Crippen LogP contribution in [0.3, 0.4) is 0 Å². The second-order valence-corrected chi connectivity index (χ2v) is 5.98. The third-order valence-corrected chi connectivity index (χ3v) is 4.41. The van der Waals surface area contributed by atoms with Crippen LogP contribution in [0.25, 0.3) is 0 Å². The largest absolute Gasteiger partial charge is 0.454 e. The number of likely N-dealkylation sites (tertiary alicyclic amines) is 1. The molecule has 1 aliphatic carbocycles. The van der Waals surface area contributed by atoms with Crippen LogP contribution in [0.15, 0.2) is 12.1 Å². The first-order chi connectivity index (χ1) is 10.2. The number of nitrogens with two attached hydrogens (primary N) is 1. The second kappa shape index (κ2) is 4.80. The van der Waals surface area contributed by atoms with E-state index in [1.165, 1.54) is 12.8 Å². The fourth-order valence-corrected chi connectivity index (χ4v) is 3.09. The summed E-state index contributed by atoms with van der Waals surface area (Å²) in [6, 6.07) is 4.29. The maximum absolute atomic E-state index is 12.4. The van der Waals surface area contributed by atoms with Crippen LogP contribution >= 0.6 is 0 Å². The van der Waals surface area contributed by atoms with Gasteiger partial charge in [0.25, 0.3) is 5.91 Å². The molecule has 0 radical (unpaired) electrons.